The van der Waals surface area contributed by atoms with E-state index in [2.05, 4.69) is 32.6 Å². The van der Waals surface area contributed by atoms with Crippen molar-refractivity contribution in [1.29, 1.82) is 0 Å². The van der Waals surface area contributed by atoms with E-state index in [0.717, 1.165) is 49.6 Å². The van der Waals surface area contributed by atoms with Gasteiger partial charge in [0.1, 0.15) is 0 Å². The molecule has 0 amide bonds. The number of piperidine rings is 1. The number of rotatable bonds is 5. The van der Waals surface area contributed by atoms with Gasteiger partial charge in [-0.3, -0.25) is 4.98 Å². The lowest BCUT2D eigenvalue weighted by molar-refractivity contribution is 0.347. The highest BCUT2D eigenvalue weighted by atomic mass is 16.5. The van der Waals surface area contributed by atoms with Crippen molar-refractivity contribution in [1.82, 2.24) is 20.4 Å². The Kier molecular flexibility index (Phi) is 4.51. The zero-order chi connectivity index (χ0) is 16.2. The predicted molar refractivity (Wildman–Crippen MR) is 92.7 cm³/mol. The van der Waals surface area contributed by atoms with E-state index in [4.69, 9.17) is 4.52 Å². The van der Waals surface area contributed by atoms with Gasteiger partial charge in [-0.2, -0.15) is 4.98 Å². The highest BCUT2D eigenvalue weighted by Gasteiger charge is 2.16. The van der Waals surface area contributed by atoms with E-state index in [-0.39, 0.29) is 0 Å². The van der Waals surface area contributed by atoms with Crippen LogP contribution in [0.5, 0.6) is 0 Å². The minimum Gasteiger partial charge on any atom is -0.339 e. The number of aryl methyl sites for hydroxylation is 2. The van der Waals surface area contributed by atoms with E-state index in [0.29, 0.717) is 5.92 Å². The Morgan fingerprint density at radius 3 is 2.92 bits per heavy atom. The number of fused-ring (bicyclic) bond motifs is 1. The lowest BCUT2D eigenvalue weighted by atomic mass is 9.94. The van der Waals surface area contributed by atoms with Gasteiger partial charge in [0.05, 0.1) is 5.52 Å². The average Bonchev–Trinajstić information content (AvgIpc) is 3.08. The fraction of sp³-hybridized carbons (Fsp3) is 0.421. The van der Waals surface area contributed by atoms with Gasteiger partial charge in [0.15, 0.2) is 5.82 Å². The summed E-state index contributed by atoms with van der Waals surface area (Å²) in [5.74, 6) is 2.27. The second kappa shape index (κ2) is 7.09. The second-order valence-corrected chi connectivity index (χ2v) is 6.54. The van der Waals surface area contributed by atoms with Crippen LogP contribution in [0.25, 0.3) is 10.9 Å². The standard InChI is InChI=1S/C19H22N4O/c1-2-4-17-16(3-1)11-15(13-21-17)5-6-19-22-18(23-24-19)12-14-7-9-20-10-8-14/h1-4,11,13-14,20H,5-10,12H2. The molecule has 4 rings (SSSR count). The molecule has 5 nitrogen and oxygen atoms in total. The average molecular weight is 322 g/mol. The molecule has 0 spiro atoms. The molecule has 1 fully saturated rings. The molecule has 0 saturated carbocycles. The van der Waals surface area contributed by atoms with Crippen LogP contribution >= 0.6 is 0 Å². The molecular weight excluding hydrogens is 300 g/mol. The Morgan fingerprint density at radius 1 is 1.12 bits per heavy atom. The maximum Gasteiger partial charge on any atom is 0.226 e. The van der Waals surface area contributed by atoms with E-state index in [9.17, 15) is 0 Å². The second-order valence-electron chi connectivity index (χ2n) is 6.54. The molecule has 3 aromatic rings. The lowest BCUT2D eigenvalue weighted by Gasteiger charge is -2.20. The molecule has 0 aliphatic carbocycles. The van der Waals surface area contributed by atoms with Crippen molar-refractivity contribution in [3.05, 3.63) is 53.8 Å². The summed E-state index contributed by atoms with van der Waals surface area (Å²) < 4.78 is 5.42. The topological polar surface area (TPSA) is 63.8 Å². The summed E-state index contributed by atoms with van der Waals surface area (Å²) in [7, 11) is 0. The number of hydrogen-bond acceptors (Lipinski definition) is 5. The van der Waals surface area contributed by atoms with Crippen LogP contribution < -0.4 is 5.32 Å². The summed E-state index contributed by atoms with van der Waals surface area (Å²) in [4.78, 5) is 9.07. The van der Waals surface area contributed by atoms with Crippen molar-refractivity contribution in [3.63, 3.8) is 0 Å². The van der Waals surface area contributed by atoms with Crippen LogP contribution in [-0.2, 0) is 19.3 Å². The molecule has 5 heteroatoms. The van der Waals surface area contributed by atoms with E-state index in [1.807, 2.05) is 24.4 Å². The Labute approximate surface area is 141 Å². The molecule has 1 aromatic carbocycles. The van der Waals surface area contributed by atoms with Gasteiger partial charge in [-0.1, -0.05) is 23.4 Å². The van der Waals surface area contributed by atoms with Crippen LogP contribution in [0.15, 0.2) is 41.1 Å². The summed E-state index contributed by atoms with van der Waals surface area (Å²) in [6, 6.07) is 10.4. The molecule has 124 valence electrons. The Hall–Kier alpha value is -2.27. The maximum atomic E-state index is 5.42. The molecule has 1 N–H and O–H groups in total. The van der Waals surface area contributed by atoms with Crippen molar-refractivity contribution in [3.8, 4) is 0 Å². The van der Waals surface area contributed by atoms with Crippen molar-refractivity contribution < 1.29 is 4.52 Å². The summed E-state index contributed by atoms with van der Waals surface area (Å²) in [6.07, 6.45) is 6.91. The highest BCUT2D eigenvalue weighted by molar-refractivity contribution is 5.78. The number of nitrogens with one attached hydrogen (secondary N) is 1. The third-order valence-electron chi connectivity index (χ3n) is 4.71. The summed E-state index contributed by atoms with van der Waals surface area (Å²) in [6.45, 7) is 2.20. The van der Waals surface area contributed by atoms with Crippen LogP contribution in [0.2, 0.25) is 0 Å². The minimum atomic E-state index is 0.682. The fourth-order valence-electron chi connectivity index (χ4n) is 3.32. The maximum absolute atomic E-state index is 5.42. The molecule has 1 saturated heterocycles. The summed E-state index contributed by atoms with van der Waals surface area (Å²) in [5, 5.41) is 8.71. The zero-order valence-corrected chi connectivity index (χ0v) is 13.7. The molecule has 0 radical (unpaired) electrons. The Morgan fingerprint density at radius 2 is 2.00 bits per heavy atom. The van der Waals surface area contributed by atoms with Crippen LogP contribution in [-0.4, -0.2) is 28.2 Å². The highest BCUT2D eigenvalue weighted by Crippen LogP contribution is 2.17. The van der Waals surface area contributed by atoms with Crippen molar-refractivity contribution in [2.24, 2.45) is 5.92 Å². The third-order valence-corrected chi connectivity index (χ3v) is 4.71. The van der Waals surface area contributed by atoms with Gasteiger partial charge in [0.2, 0.25) is 5.89 Å². The van der Waals surface area contributed by atoms with Gasteiger partial charge in [0.25, 0.3) is 0 Å². The van der Waals surface area contributed by atoms with Crippen LogP contribution in [0.1, 0.15) is 30.1 Å². The molecule has 3 heterocycles. The Balaban J connectivity index is 1.36. The quantitative estimate of drug-likeness (QED) is 0.782. The van der Waals surface area contributed by atoms with Gasteiger partial charge in [-0.15, -0.1) is 0 Å². The first kappa shape index (κ1) is 15.3. The third kappa shape index (κ3) is 3.62. The predicted octanol–water partition coefficient (Wildman–Crippen LogP) is 2.95. The minimum absolute atomic E-state index is 0.682. The normalized spacial score (nSPS) is 15.8. The van der Waals surface area contributed by atoms with Gasteiger partial charge in [-0.05, 0) is 56.0 Å². The molecular formula is C19H22N4O. The van der Waals surface area contributed by atoms with Gasteiger partial charge >= 0.3 is 0 Å². The smallest absolute Gasteiger partial charge is 0.226 e. The van der Waals surface area contributed by atoms with E-state index in [1.54, 1.807) is 0 Å². The first-order valence-electron chi connectivity index (χ1n) is 8.73. The molecule has 2 aromatic heterocycles. The SMILES string of the molecule is c1ccc2ncc(CCc3nc(CC4CCNCC4)no3)cc2c1. The van der Waals surface area contributed by atoms with Crippen LogP contribution in [0.3, 0.4) is 0 Å². The number of benzene rings is 1. The first-order chi connectivity index (χ1) is 11.9. The van der Waals surface area contributed by atoms with Crippen LogP contribution in [0.4, 0.5) is 0 Å². The van der Waals surface area contributed by atoms with E-state index in [1.165, 1.54) is 23.8 Å². The fourth-order valence-corrected chi connectivity index (χ4v) is 3.32. The van der Waals surface area contributed by atoms with E-state index < -0.39 is 0 Å². The molecule has 24 heavy (non-hydrogen) atoms. The molecule has 0 bridgehead atoms. The summed E-state index contributed by atoms with van der Waals surface area (Å²) >= 11 is 0. The molecule has 1 aliphatic heterocycles. The largest absolute Gasteiger partial charge is 0.339 e. The monoisotopic (exact) mass is 322 g/mol. The van der Waals surface area contributed by atoms with E-state index >= 15 is 0 Å². The van der Waals surface area contributed by atoms with Crippen molar-refractivity contribution >= 4 is 10.9 Å². The number of nitrogens with zero attached hydrogens (tertiary/aromatic N) is 3. The number of pyridine rings is 1. The van der Waals surface area contributed by atoms with Gasteiger partial charge in [0, 0.05) is 24.4 Å². The molecule has 1 aliphatic rings. The first-order valence-corrected chi connectivity index (χ1v) is 8.73. The number of para-hydroxylation sites is 1. The zero-order valence-electron chi connectivity index (χ0n) is 13.7. The molecule has 0 unspecified atom stereocenters. The lowest BCUT2D eigenvalue weighted by Crippen LogP contribution is -2.28. The van der Waals surface area contributed by atoms with Gasteiger partial charge in [-0.25, -0.2) is 0 Å². The Bertz CT molecular complexity index is 808. The van der Waals surface area contributed by atoms with Crippen molar-refractivity contribution in [2.45, 2.75) is 32.1 Å². The van der Waals surface area contributed by atoms with Gasteiger partial charge < -0.3 is 9.84 Å². The van der Waals surface area contributed by atoms with Crippen molar-refractivity contribution in [2.75, 3.05) is 13.1 Å². The number of aromatic nitrogens is 3. The number of hydrogen-bond donors (Lipinski definition) is 1. The molecule has 0 atom stereocenters. The van der Waals surface area contributed by atoms with Crippen LogP contribution in [0, 0.1) is 5.92 Å². The summed E-state index contributed by atoms with van der Waals surface area (Å²) in [5.41, 5.74) is 2.23.